The molecule has 0 aliphatic heterocycles. The van der Waals surface area contributed by atoms with Crippen molar-refractivity contribution in [2.45, 2.75) is 19.8 Å². The summed E-state index contributed by atoms with van der Waals surface area (Å²) in [4.78, 5) is 21.9. The maximum atomic E-state index is 11.5. The summed E-state index contributed by atoms with van der Waals surface area (Å²) < 4.78 is 0. The highest BCUT2D eigenvalue weighted by molar-refractivity contribution is 7.21. The van der Waals surface area contributed by atoms with Crippen LogP contribution in [-0.2, 0) is 4.79 Å². The zero-order chi connectivity index (χ0) is 16.6. The van der Waals surface area contributed by atoms with Gasteiger partial charge in [-0.15, -0.1) is 11.3 Å². The van der Waals surface area contributed by atoms with Crippen molar-refractivity contribution in [2.75, 3.05) is 0 Å². The summed E-state index contributed by atoms with van der Waals surface area (Å²) >= 11 is 7.77. The van der Waals surface area contributed by atoms with Crippen LogP contribution in [0, 0.1) is 5.92 Å². The van der Waals surface area contributed by atoms with Gasteiger partial charge in [-0.3, -0.25) is 4.79 Å². The Bertz CT molecular complexity index is 862. The number of carboxylic acids is 1. The minimum Gasteiger partial charge on any atom is -0.481 e. The molecule has 0 saturated carbocycles. The Morgan fingerprint density at radius 3 is 2.52 bits per heavy atom. The third-order valence-corrected chi connectivity index (χ3v) is 5.00. The van der Waals surface area contributed by atoms with E-state index in [-0.39, 0.29) is 11.7 Å². The quantitative estimate of drug-likeness (QED) is 0.687. The van der Waals surface area contributed by atoms with Gasteiger partial charge in [0.2, 0.25) is 0 Å². The number of aliphatic carboxylic acids is 1. The summed E-state index contributed by atoms with van der Waals surface area (Å²) in [5.41, 5.74) is 1.08. The maximum absolute atomic E-state index is 11.5. The summed E-state index contributed by atoms with van der Waals surface area (Å²) in [6.07, 6.45) is 0. The Balaban J connectivity index is 2.13. The number of carbonyl (C=O) groups is 1. The van der Waals surface area contributed by atoms with Crippen molar-refractivity contribution in [2.24, 2.45) is 5.92 Å². The van der Waals surface area contributed by atoms with Gasteiger partial charge in [0, 0.05) is 10.3 Å². The molecule has 1 aromatic carbocycles. The number of thiophene rings is 1. The zero-order valence-corrected chi connectivity index (χ0v) is 14.2. The molecule has 1 N–H and O–H groups in total. The lowest BCUT2D eigenvalue weighted by Crippen LogP contribution is -2.20. The number of benzene rings is 1. The van der Waals surface area contributed by atoms with Gasteiger partial charge in [-0.1, -0.05) is 55.8 Å². The highest BCUT2D eigenvalue weighted by Crippen LogP contribution is 2.36. The van der Waals surface area contributed by atoms with Crippen molar-refractivity contribution >= 4 is 39.1 Å². The molecule has 2 heterocycles. The van der Waals surface area contributed by atoms with E-state index in [4.69, 9.17) is 11.6 Å². The Morgan fingerprint density at radius 2 is 1.91 bits per heavy atom. The molecule has 0 radical (unpaired) electrons. The normalized spacial score (nSPS) is 12.7. The smallest absolute Gasteiger partial charge is 0.314 e. The number of halogens is 1. The molecule has 0 aliphatic carbocycles. The lowest BCUT2D eigenvalue weighted by molar-refractivity contribution is -0.140. The highest BCUT2D eigenvalue weighted by Gasteiger charge is 2.28. The van der Waals surface area contributed by atoms with Crippen LogP contribution in [0.5, 0.6) is 0 Å². The lowest BCUT2D eigenvalue weighted by Gasteiger charge is -2.14. The number of carboxylic acid groups (broad SMARTS) is 1. The van der Waals surface area contributed by atoms with Crippen molar-refractivity contribution in [3.8, 4) is 10.4 Å². The summed E-state index contributed by atoms with van der Waals surface area (Å²) in [6, 6.07) is 11.9. The number of rotatable bonds is 4. The molecule has 4 nitrogen and oxygen atoms in total. The first-order valence-corrected chi connectivity index (χ1v) is 8.42. The predicted molar refractivity (Wildman–Crippen MR) is 93.1 cm³/mol. The van der Waals surface area contributed by atoms with Crippen LogP contribution < -0.4 is 0 Å². The van der Waals surface area contributed by atoms with E-state index in [9.17, 15) is 9.90 Å². The summed E-state index contributed by atoms with van der Waals surface area (Å²) in [6.45, 7) is 3.67. The fourth-order valence-electron chi connectivity index (χ4n) is 2.48. The molecule has 23 heavy (non-hydrogen) atoms. The van der Waals surface area contributed by atoms with E-state index in [1.54, 1.807) is 0 Å². The largest absolute Gasteiger partial charge is 0.481 e. The van der Waals surface area contributed by atoms with E-state index >= 15 is 0 Å². The molecule has 0 unspecified atom stereocenters. The van der Waals surface area contributed by atoms with Gasteiger partial charge < -0.3 is 5.11 Å². The van der Waals surface area contributed by atoms with Gasteiger partial charge in [0.15, 0.2) is 0 Å². The van der Waals surface area contributed by atoms with E-state index in [0.29, 0.717) is 9.98 Å². The standard InChI is InChI=1S/C17H15ClN2O2S/c1-9(2)13(17(21)22)15-19-14(18)11-8-12(23-16(11)20-15)10-6-4-3-5-7-10/h3-9,13H,1-2H3,(H,21,22)/t13-/m1/s1. The van der Waals surface area contributed by atoms with Crippen molar-refractivity contribution in [1.29, 1.82) is 0 Å². The molecule has 0 bridgehead atoms. The van der Waals surface area contributed by atoms with Gasteiger partial charge in [-0.25, -0.2) is 9.97 Å². The number of fused-ring (bicyclic) bond motifs is 1. The molecule has 0 fully saturated rings. The molecule has 6 heteroatoms. The molecule has 2 aromatic heterocycles. The van der Waals surface area contributed by atoms with Crippen molar-refractivity contribution in [3.63, 3.8) is 0 Å². The molecular weight excluding hydrogens is 332 g/mol. The zero-order valence-electron chi connectivity index (χ0n) is 12.7. The second-order valence-corrected chi connectivity index (χ2v) is 7.02. The van der Waals surface area contributed by atoms with Gasteiger partial charge in [0.1, 0.15) is 21.7 Å². The topological polar surface area (TPSA) is 63.1 Å². The Labute approximate surface area is 142 Å². The van der Waals surface area contributed by atoms with E-state index in [1.165, 1.54) is 11.3 Å². The van der Waals surface area contributed by atoms with Crippen LogP contribution in [0.3, 0.4) is 0 Å². The molecule has 118 valence electrons. The fourth-order valence-corrected chi connectivity index (χ4v) is 3.81. The minimum atomic E-state index is -0.935. The lowest BCUT2D eigenvalue weighted by atomic mass is 9.95. The van der Waals surface area contributed by atoms with Gasteiger partial charge in [-0.05, 0) is 17.5 Å². The minimum absolute atomic E-state index is 0.116. The molecule has 3 rings (SSSR count). The van der Waals surface area contributed by atoms with Crippen molar-refractivity contribution in [3.05, 3.63) is 47.4 Å². The molecule has 0 saturated heterocycles. The van der Waals surface area contributed by atoms with E-state index < -0.39 is 11.9 Å². The molecular formula is C17H15ClN2O2S. The predicted octanol–water partition coefficient (Wildman–Crippen LogP) is 4.84. The van der Waals surface area contributed by atoms with Gasteiger partial charge in [-0.2, -0.15) is 0 Å². The first kappa shape index (κ1) is 15.9. The monoisotopic (exact) mass is 346 g/mol. The highest BCUT2D eigenvalue weighted by atomic mass is 35.5. The summed E-state index contributed by atoms with van der Waals surface area (Å²) in [5.74, 6) is -1.55. The average Bonchev–Trinajstić information content (AvgIpc) is 2.92. The first-order valence-electron chi connectivity index (χ1n) is 7.22. The fraction of sp³-hybridized carbons (Fsp3) is 0.235. The maximum Gasteiger partial charge on any atom is 0.314 e. The first-order chi connectivity index (χ1) is 11.0. The summed E-state index contributed by atoms with van der Waals surface area (Å²) in [5, 5.41) is 10.5. The van der Waals surface area contributed by atoms with E-state index in [2.05, 4.69) is 9.97 Å². The third-order valence-electron chi connectivity index (χ3n) is 3.63. The van der Waals surface area contributed by atoms with Gasteiger partial charge >= 0.3 is 5.97 Å². The van der Waals surface area contributed by atoms with E-state index in [0.717, 1.165) is 15.8 Å². The van der Waals surface area contributed by atoms with Crippen LogP contribution in [-0.4, -0.2) is 21.0 Å². The SMILES string of the molecule is CC(C)[C@@H](C(=O)O)c1nc(Cl)c2cc(-c3ccccc3)sc2n1. The Hall–Kier alpha value is -1.98. The van der Waals surface area contributed by atoms with Crippen LogP contribution >= 0.6 is 22.9 Å². The number of aromatic nitrogens is 2. The van der Waals surface area contributed by atoms with Crippen LogP contribution in [0.15, 0.2) is 36.4 Å². The molecule has 3 aromatic rings. The van der Waals surface area contributed by atoms with Crippen LogP contribution in [0.2, 0.25) is 5.15 Å². The Kier molecular flexibility index (Phi) is 4.33. The molecule has 0 amide bonds. The van der Waals surface area contributed by atoms with Crippen molar-refractivity contribution in [1.82, 2.24) is 9.97 Å². The summed E-state index contributed by atoms with van der Waals surface area (Å²) in [7, 11) is 0. The van der Waals surface area contributed by atoms with Gasteiger partial charge in [0.25, 0.3) is 0 Å². The molecule has 1 atom stereocenters. The molecule has 0 spiro atoms. The van der Waals surface area contributed by atoms with Crippen LogP contribution in [0.25, 0.3) is 20.7 Å². The van der Waals surface area contributed by atoms with Crippen LogP contribution in [0.1, 0.15) is 25.6 Å². The van der Waals surface area contributed by atoms with Gasteiger partial charge in [0.05, 0.1) is 0 Å². The second kappa shape index (κ2) is 6.26. The average molecular weight is 347 g/mol. The number of hydrogen-bond donors (Lipinski definition) is 1. The second-order valence-electron chi connectivity index (χ2n) is 5.63. The Morgan fingerprint density at radius 1 is 1.22 bits per heavy atom. The molecule has 0 aliphatic rings. The van der Waals surface area contributed by atoms with E-state index in [1.807, 2.05) is 50.2 Å². The third kappa shape index (κ3) is 3.07. The van der Waals surface area contributed by atoms with Crippen molar-refractivity contribution < 1.29 is 9.90 Å². The van der Waals surface area contributed by atoms with Crippen LogP contribution in [0.4, 0.5) is 0 Å². The number of nitrogens with zero attached hydrogens (tertiary/aromatic N) is 2. The number of hydrogen-bond acceptors (Lipinski definition) is 4.